The van der Waals surface area contributed by atoms with Crippen LogP contribution in [0.15, 0.2) is 66.7 Å². The third-order valence-corrected chi connectivity index (χ3v) is 3.75. The number of fused-ring (bicyclic) bond motifs is 1. The van der Waals surface area contributed by atoms with Gasteiger partial charge in [-0.1, -0.05) is 41.9 Å². The van der Waals surface area contributed by atoms with Crippen LogP contribution in [0.25, 0.3) is 17.0 Å². The molecule has 0 aliphatic rings. The lowest BCUT2D eigenvalue weighted by Crippen LogP contribution is -2.00. The predicted molar refractivity (Wildman–Crippen MR) is 91.0 cm³/mol. The molecular weight excluding hydrogens is 310 g/mol. The van der Waals surface area contributed by atoms with Crippen LogP contribution in [0.5, 0.6) is 0 Å². The smallest absolute Gasteiger partial charge is 0.186 e. The minimum absolute atomic E-state index is 0.613. The lowest BCUT2D eigenvalue weighted by Gasteiger charge is -2.06. The van der Waals surface area contributed by atoms with Gasteiger partial charge in [0.25, 0.3) is 0 Å². The van der Waals surface area contributed by atoms with Crippen LogP contribution < -0.4 is 5.32 Å². The number of halogens is 1. The highest BCUT2D eigenvalue weighted by atomic mass is 35.5. The fraction of sp³-hybridized carbons (Fsp3) is 0. The van der Waals surface area contributed by atoms with E-state index in [2.05, 4.69) is 20.6 Å². The summed E-state index contributed by atoms with van der Waals surface area (Å²) < 4.78 is 1.69. The molecule has 0 unspecified atom stereocenters. The van der Waals surface area contributed by atoms with Gasteiger partial charge in [-0.05, 0) is 36.4 Å². The molecule has 112 valence electrons. The second kappa shape index (κ2) is 5.70. The Morgan fingerprint density at radius 2 is 1.61 bits per heavy atom. The number of anilines is 2. The van der Waals surface area contributed by atoms with Crippen molar-refractivity contribution in [3.05, 3.63) is 71.8 Å². The van der Waals surface area contributed by atoms with Gasteiger partial charge in [-0.25, -0.2) is 0 Å². The quantitative estimate of drug-likeness (QED) is 0.614. The Hall–Kier alpha value is -2.92. The van der Waals surface area contributed by atoms with Gasteiger partial charge < -0.3 is 5.32 Å². The molecule has 0 saturated carbocycles. The molecule has 1 N–H and O–H groups in total. The first-order valence-corrected chi connectivity index (χ1v) is 7.48. The average molecular weight is 322 g/mol. The van der Waals surface area contributed by atoms with Gasteiger partial charge in [0.05, 0.1) is 5.02 Å². The third kappa shape index (κ3) is 2.62. The van der Waals surface area contributed by atoms with Crippen LogP contribution in [0.2, 0.25) is 5.02 Å². The summed E-state index contributed by atoms with van der Waals surface area (Å²) in [6, 6.07) is 21.1. The maximum Gasteiger partial charge on any atom is 0.186 e. The Labute approximate surface area is 137 Å². The van der Waals surface area contributed by atoms with Crippen LogP contribution in [0.3, 0.4) is 0 Å². The lowest BCUT2D eigenvalue weighted by atomic mass is 10.2. The Morgan fingerprint density at radius 1 is 0.826 bits per heavy atom. The number of benzene rings is 2. The minimum Gasteiger partial charge on any atom is -0.339 e. The van der Waals surface area contributed by atoms with Gasteiger partial charge in [0.1, 0.15) is 0 Å². The number of nitrogens with zero attached hydrogens (tertiary/aromatic N) is 4. The summed E-state index contributed by atoms with van der Waals surface area (Å²) in [5, 5.41) is 16.8. The number of hydrogen-bond acceptors (Lipinski definition) is 4. The molecule has 0 atom stereocenters. The summed E-state index contributed by atoms with van der Waals surface area (Å²) in [6.45, 7) is 0. The summed E-state index contributed by atoms with van der Waals surface area (Å²) in [5.74, 6) is 1.32. The first-order valence-electron chi connectivity index (χ1n) is 7.11. The molecule has 0 bridgehead atoms. The number of hydrogen-bond donors (Lipinski definition) is 1. The predicted octanol–water partition coefficient (Wildman–Crippen LogP) is 4.19. The highest BCUT2D eigenvalue weighted by molar-refractivity contribution is 6.33. The maximum atomic E-state index is 6.26. The number of rotatable bonds is 3. The number of aromatic nitrogens is 4. The van der Waals surface area contributed by atoms with Gasteiger partial charge in [-0.15, -0.1) is 15.3 Å². The number of para-hydroxylation sites is 1. The monoisotopic (exact) mass is 321 g/mol. The van der Waals surface area contributed by atoms with Gasteiger partial charge in [0, 0.05) is 11.3 Å². The van der Waals surface area contributed by atoms with Gasteiger partial charge in [0.15, 0.2) is 17.3 Å². The summed E-state index contributed by atoms with van der Waals surface area (Å²) >= 11 is 6.26. The van der Waals surface area contributed by atoms with Gasteiger partial charge in [-0.3, -0.25) is 0 Å². The normalized spacial score (nSPS) is 10.8. The molecule has 0 amide bonds. The van der Waals surface area contributed by atoms with E-state index in [4.69, 9.17) is 11.6 Å². The first kappa shape index (κ1) is 13.7. The molecule has 0 radical (unpaired) electrons. The molecule has 4 rings (SSSR count). The van der Waals surface area contributed by atoms with E-state index >= 15 is 0 Å². The Balaban J connectivity index is 1.79. The van der Waals surface area contributed by atoms with E-state index < -0.39 is 0 Å². The molecular formula is C17H12ClN5. The van der Waals surface area contributed by atoms with Crippen LogP contribution in [-0.2, 0) is 0 Å². The molecule has 2 aromatic heterocycles. The van der Waals surface area contributed by atoms with Gasteiger partial charge in [-0.2, -0.15) is 4.52 Å². The molecule has 0 aliphatic carbocycles. The highest BCUT2D eigenvalue weighted by Crippen LogP contribution is 2.26. The zero-order valence-corrected chi connectivity index (χ0v) is 12.8. The lowest BCUT2D eigenvalue weighted by molar-refractivity contribution is 0.941. The van der Waals surface area contributed by atoms with E-state index in [1.165, 1.54) is 0 Å². The first-order chi connectivity index (χ1) is 11.3. The summed E-state index contributed by atoms with van der Waals surface area (Å²) in [6.07, 6.45) is 0. The topological polar surface area (TPSA) is 55.1 Å². The highest BCUT2D eigenvalue weighted by Gasteiger charge is 2.12. The summed E-state index contributed by atoms with van der Waals surface area (Å²) in [5.41, 5.74) is 2.43. The van der Waals surface area contributed by atoms with Crippen molar-refractivity contribution in [1.29, 1.82) is 0 Å². The van der Waals surface area contributed by atoms with E-state index in [1.807, 2.05) is 66.7 Å². The Kier molecular flexibility index (Phi) is 3.40. The molecule has 2 aromatic carbocycles. The fourth-order valence-electron chi connectivity index (χ4n) is 2.34. The number of nitrogens with one attached hydrogen (secondary N) is 1. The van der Waals surface area contributed by atoms with Crippen LogP contribution in [0, 0.1) is 0 Å². The van der Waals surface area contributed by atoms with E-state index in [9.17, 15) is 0 Å². The summed E-state index contributed by atoms with van der Waals surface area (Å²) in [7, 11) is 0. The molecule has 2 heterocycles. The molecule has 0 saturated heterocycles. The molecule has 0 spiro atoms. The molecule has 5 nitrogen and oxygen atoms in total. The van der Waals surface area contributed by atoms with Crippen molar-refractivity contribution in [1.82, 2.24) is 19.8 Å². The molecule has 0 aliphatic heterocycles. The molecule has 0 fully saturated rings. The fourth-order valence-corrected chi connectivity index (χ4v) is 2.56. The SMILES string of the molecule is Clc1ccccc1-c1nnc2ccc(Nc3ccccc3)nn12. The van der Waals surface area contributed by atoms with Crippen molar-refractivity contribution in [2.45, 2.75) is 0 Å². The van der Waals surface area contributed by atoms with E-state index in [-0.39, 0.29) is 0 Å². The second-order valence-electron chi connectivity index (χ2n) is 4.98. The second-order valence-corrected chi connectivity index (χ2v) is 5.39. The zero-order chi connectivity index (χ0) is 15.6. The largest absolute Gasteiger partial charge is 0.339 e. The third-order valence-electron chi connectivity index (χ3n) is 3.42. The van der Waals surface area contributed by atoms with Crippen molar-refractivity contribution >= 4 is 28.8 Å². The zero-order valence-electron chi connectivity index (χ0n) is 12.0. The molecule has 23 heavy (non-hydrogen) atoms. The van der Waals surface area contributed by atoms with Gasteiger partial charge >= 0.3 is 0 Å². The molecule has 4 aromatic rings. The van der Waals surface area contributed by atoms with Gasteiger partial charge in [0.2, 0.25) is 0 Å². The van der Waals surface area contributed by atoms with Crippen molar-refractivity contribution in [2.75, 3.05) is 5.32 Å². The Bertz CT molecular complexity index is 965. The minimum atomic E-state index is 0.613. The van der Waals surface area contributed by atoms with Crippen molar-refractivity contribution in [3.63, 3.8) is 0 Å². The standard InChI is InChI=1S/C17H12ClN5/c18-14-9-5-4-8-13(14)17-21-20-16-11-10-15(22-23(16)17)19-12-6-2-1-3-7-12/h1-11H,(H,19,22). The van der Waals surface area contributed by atoms with Crippen LogP contribution >= 0.6 is 11.6 Å². The maximum absolute atomic E-state index is 6.26. The average Bonchev–Trinajstić information content (AvgIpc) is 2.99. The van der Waals surface area contributed by atoms with E-state index in [0.717, 1.165) is 11.3 Å². The molecule has 6 heteroatoms. The van der Waals surface area contributed by atoms with Crippen molar-refractivity contribution in [3.8, 4) is 11.4 Å². The van der Waals surface area contributed by atoms with Crippen molar-refractivity contribution in [2.24, 2.45) is 0 Å². The van der Waals surface area contributed by atoms with Crippen LogP contribution in [0.1, 0.15) is 0 Å². The van der Waals surface area contributed by atoms with E-state index in [0.29, 0.717) is 22.3 Å². The Morgan fingerprint density at radius 3 is 2.43 bits per heavy atom. The van der Waals surface area contributed by atoms with Crippen LogP contribution in [0.4, 0.5) is 11.5 Å². The van der Waals surface area contributed by atoms with E-state index in [1.54, 1.807) is 4.52 Å². The summed E-state index contributed by atoms with van der Waals surface area (Å²) in [4.78, 5) is 0. The van der Waals surface area contributed by atoms with Crippen molar-refractivity contribution < 1.29 is 0 Å². The van der Waals surface area contributed by atoms with Crippen LogP contribution in [-0.4, -0.2) is 19.8 Å².